The van der Waals surface area contributed by atoms with Crippen LogP contribution in [0.1, 0.15) is 39.6 Å². The molecule has 1 aliphatic rings. The molecule has 1 aliphatic heterocycles. The number of imidazole rings is 1. The molecule has 0 saturated carbocycles. The van der Waals surface area contributed by atoms with Gasteiger partial charge in [-0.05, 0) is 48.4 Å². The number of hydrogen-bond acceptors (Lipinski definition) is 8. The van der Waals surface area contributed by atoms with Crippen LogP contribution in [0.2, 0.25) is 0 Å². The number of carboxylic acid groups (broad SMARTS) is 1. The monoisotopic (exact) mass is 601 g/mol. The molecule has 44 heavy (non-hydrogen) atoms. The number of nitriles is 1. The standard InChI is InChI=1S/C31H22F3N5O5/c32-22-13-20(44-29-5-7-36-27(37-29)16-43-26-4-1-17(14-35)9-23(26)33)3-2-18(22)12-28-38-30-24(34)10-19(31(40)41)11-25(30)39(28)15-21-6-8-42-21/h1-5,7,9-11,13,21H,6,8,12,15-16H2,(H,40,41)/t21-/m0/s1. The maximum atomic E-state index is 15.3. The highest BCUT2D eigenvalue weighted by Gasteiger charge is 2.24. The zero-order chi connectivity index (χ0) is 30.8. The van der Waals surface area contributed by atoms with E-state index in [9.17, 15) is 18.7 Å². The lowest BCUT2D eigenvalue weighted by atomic mass is 10.1. The smallest absolute Gasteiger partial charge is 0.335 e. The Kier molecular flexibility index (Phi) is 7.82. The first-order valence-corrected chi connectivity index (χ1v) is 13.4. The Morgan fingerprint density at radius 2 is 1.91 bits per heavy atom. The first kappa shape index (κ1) is 28.6. The van der Waals surface area contributed by atoms with Gasteiger partial charge in [-0.3, -0.25) is 0 Å². The quantitative estimate of drug-likeness (QED) is 0.218. The predicted molar refractivity (Wildman–Crippen MR) is 148 cm³/mol. The molecule has 10 nitrogen and oxygen atoms in total. The Morgan fingerprint density at radius 1 is 1.07 bits per heavy atom. The Morgan fingerprint density at radius 3 is 2.61 bits per heavy atom. The summed E-state index contributed by atoms with van der Waals surface area (Å²) >= 11 is 0. The lowest BCUT2D eigenvalue weighted by molar-refractivity contribution is -0.0589. The topological polar surface area (TPSA) is 132 Å². The van der Waals surface area contributed by atoms with Crippen LogP contribution < -0.4 is 9.47 Å². The van der Waals surface area contributed by atoms with Crippen LogP contribution in [-0.4, -0.2) is 43.3 Å². The summed E-state index contributed by atoms with van der Waals surface area (Å²) in [5.74, 6) is -2.67. The summed E-state index contributed by atoms with van der Waals surface area (Å²) in [5.41, 5.74) is 0.480. The van der Waals surface area contributed by atoms with Crippen molar-refractivity contribution in [3.05, 3.63) is 107 Å². The highest BCUT2D eigenvalue weighted by atomic mass is 19.1. The number of aromatic carboxylic acids is 1. The zero-order valence-electron chi connectivity index (χ0n) is 22.8. The number of nitrogens with zero attached hydrogens (tertiary/aromatic N) is 5. The van der Waals surface area contributed by atoms with E-state index in [1.54, 1.807) is 4.57 Å². The van der Waals surface area contributed by atoms with Crippen molar-refractivity contribution in [2.45, 2.75) is 32.1 Å². The third-order valence-electron chi connectivity index (χ3n) is 7.01. The minimum atomic E-state index is -1.27. The fourth-order valence-corrected chi connectivity index (χ4v) is 4.69. The van der Waals surface area contributed by atoms with Gasteiger partial charge in [-0.1, -0.05) is 6.07 Å². The summed E-state index contributed by atoms with van der Waals surface area (Å²) in [6.07, 6.45) is 2.04. The van der Waals surface area contributed by atoms with Crippen molar-refractivity contribution in [1.29, 1.82) is 5.26 Å². The van der Waals surface area contributed by atoms with Crippen molar-refractivity contribution in [2.24, 2.45) is 0 Å². The Bertz CT molecular complexity index is 1940. The summed E-state index contributed by atoms with van der Waals surface area (Å²) in [4.78, 5) is 24.2. The van der Waals surface area contributed by atoms with Crippen molar-refractivity contribution in [3.8, 4) is 23.4 Å². The fraction of sp³-hybridized carbons (Fsp3) is 0.194. The molecular weight excluding hydrogens is 579 g/mol. The third kappa shape index (κ3) is 6.02. The number of ether oxygens (including phenoxy) is 3. The minimum Gasteiger partial charge on any atom is -0.483 e. The second-order valence-electron chi connectivity index (χ2n) is 9.94. The van der Waals surface area contributed by atoms with Crippen molar-refractivity contribution < 1.29 is 37.3 Å². The molecule has 1 N–H and O–H groups in total. The van der Waals surface area contributed by atoms with Crippen LogP contribution in [0.5, 0.6) is 17.4 Å². The molecule has 0 amide bonds. The van der Waals surface area contributed by atoms with Gasteiger partial charge in [0.1, 0.15) is 29.5 Å². The Hall–Kier alpha value is -5.48. The van der Waals surface area contributed by atoms with E-state index >= 15 is 4.39 Å². The first-order valence-electron chi connectivity index (χ1n) is 13.4. The van der Waals surface area contributed by atoms with Gasteiger partial charge in [-0.15, -0.1) is 0 Å². The number of aromatic nitrogens is 4. The highest BCUT2D eigenvalue weighted by Crippen LogP contribution is 2.28. The second kappa shape index (κ2) is 12.0. The number of carboxylic acids is 1. The van der Waals surface area contributed by atoms with E-state index in [0.29, 0.717) is 24.5 Å². The van der Waals surface area contributed by atoms with Crippen LogP contribution in [0.15, 0.2) is 60.8 Å². The molecule has 3 aromatic carbocycles. The van der Waals surface area contributed by atoms with Crippen LogP contribution in [0.4, 0.5) is 13.2 Å². The summed E-state index contributed by atoms with van der Waals surface area (Å²) in [7, 11) is 0. The molecule has 222 valence electrons. The van der Waals surface area contributed by atoms with Crippen molar-refractivity contribution in [1.82, 2.24) is 19.5 Å². The van der Waals surface area contributed by atoms with Gasteiger partial charge in [-0.25, -0.2) is 27.9 Å². The van der Waals surface area contributed by atoms with Gasteiger partial charge in [-0.2, -0.15) is 10.2 Å². The maximum Gasteiger partial charge on any atom is 0.335 e. The lowest BCUT2D eigenvalue weighted by Gasteiger charge is -2.27. The summed E-state index contributed by atoms with van der Waals surface area (Å²) in [6, 6.07) is 13.6. The molecule has 1 fully saturated rings. The van der Waals surface area contributed by atoms with Crippen LogP contribution in [0.25, 0.3) is 11.0 Å². The van der Waals surface area contributed by atoms with Crippen LogP contribution in [0, 0.1) is 28.8 Å². The molecule has 3 heterocycles. The lowest BCUT2D eigenvalue weighted by Crippen LogP contribution is -2.31. The van der Waals surface area contributed by atoms with Crippen LogP contribution in [0.3, 0.4) is 0 Å². The average molecular weight is 602 g/mol. The number of carbonyl (C=O) groups is 1. The second-order valence-corrected chi connectivity index (χ2v) is 9.94. The highest BCUT2D eigenvalue weighted by molar-refractivity contribution is 5.92. The van der Waals surface area contributed by atoms with Gasteiger partial charge in [0.2, 0.25) is 5.88 Å². The Balaban J connectivity index is 1.19. The molecule has 1 saturated heterocycles. The molecule has 0 spiro atoms. The molecule has 0 radical (unpaired) electrons. The van der Waals surface area contributed by atoms with Gasteiger partial charge in [0.05, 0.1) is 35.4 Å². The molecular formula is C31H22F3N5O5. The predicted octanol–water partition coefficient (Wildman–Crippen LogP) is 5.56. The van der Waals surface area contributed by atoms with Gasteiger partial charge in [0.15, 0.2) is 23.2 Å². The van der Waals surface area contributed by atoms with Crippen molar-refractivity contribution >= 4 is 17.0 Å². The maximum absolute atomic E-state index is 15.3. The Labute approximate surface area is 247 Å². The van der Waals surface area contributed by atoms with E-state index < -0.39 is 23.4 Å². The van der Waals surface area contributed by atoms with Gasteiger partial charge < -0.3 is 23.9 Å². The molecule has 6 rings (SSSR count). The first-order chi connectivity index (χ1) is 21.3. The largest absolute Gasteiger partial charge is 0.483 e. The number of hydrogen-bond donors (Lipinski definition) is 1. The van der Waals surface area contributed by atoms with E-state index in [2.05, 4.69) is 15.0 Å². The number of rotatable bonds is 10. The summed E-state index contributed by atoms with van der Waals surface area (Å²) in [5, 5.41) is 18.3. The third-order valence-corrected chi connectivity index (χ3v) is 7.01. The van der Waals surface area contributed by atoms with Gasteiger partial charge >= 0.3 is 5.97 Å². The summed E-state index contributed by atoms with van der Waals surface area (Å²) in [6.45, 7) is 0.720. The molecule has 0 aliphatic carbocycles. The van der Waals surface area contributed by atoms with Crippen LogP contribution >= 0.6 is 0 Å². The van der Waals surface area contributed by atoms with Crippen LogP contribution in [-0.2, 0) is 24.3 Å². The molecule has 1 atom stereocenters. The van der Waals surface area contributed by atoms with E-state index in [4.69, 9.17) is 19.5 Å². The summed E-state index contributed by atoms with van der Waals surface area (Å²) < 4.78 is 62.5. The molecule has 2 aromatic heterocycles. The van der Waals surface area contributed by atoms with Gasteiger partial charge in [0.25, 0.3) is 0 Å². The molecule has 5 aromatic rings. The van der Waals surface area contributed by atoms with E-state index in [-0.39, 0.29) is 64.5 Å². The fourth-order valence-electron chi connectivity index (χ4n) is 4.69. The molecule has 13 heteroatoms. The number of halogens is 3. The number of benzene rings is 3. The minimum absolute atomic E-state index is 0.00371. The van der Waals surface area contributed by atoms with E-state index in [1.165, 1.54) is 48.7 Å². The molecule has 0 unspecified atom stereocenters. The average Bonchev–Trinajstić information content (AvgIpc) is 3.33. The normalized spacial score (nSPS) is 14.2. The van der Waals surface area contributed by atoms with Crippen molar-refractivity contribution in [3.63, 3.8) is 0 Å². The molecule has 0 bridgehead atoms. The number of fused-ring (bicyclic) bond motifs is 1. The van der Waals surface area contributed by atoms with Crippen molar-refractivity contribution in [2.75, 3.05) is 6.61 Å². The van der Waals surface area contributed by atoms with E-state index in [1.807, 2.05) is 6.07 Å². The SMILES string of the molecule is N#Cc1ccc(OCc2nccc(Oc3ccc(Cc4nc5c(F)cc(C(=O)O)cc5n4C[C@@H]4CCO4)c(F)c3)n2)c(F)c1. The van der Waals surface area contributed by atoms with Gasteiger partial charge in [0, 0.05) is 31.4 Å². The zero-order valence-corrected chi connectivity index (χ0v) is 22.8. The van der Waals surface area contributed by atoms with E-state index in [0.717, 1.165) is 18.6 Å².